The number of thiophene rings is 1. The van der Waals surface area contributed by atoms with Crippen molar-refractivity contribution in [2.45, 2.75) is 27.7 Å². The predicted octanol–water partition coefficient (Wildman–Crippen LogP) is 5.93. The monoisotopic (exact) mass is 491 g/mol. The van der Waals surface area contributed by atoms with Crippen LogP contribution in [0.3, 0.4) is 0 Å². The van der Waals surface area contributed by atoms with Crippen molar-refractivity contribution in [3.05, 3.63) is 70.6 Å². The maximum Gasteiger partial charge on any atom is 0.251 e. The lowest BCUT2D eigenvalue weighted by Gasteiger charge is -2.18. The van der Waals surface area contributed by atoms with Crippen LogP contribution in [0, 0.1) is 19.7 Å². The molecule has 0 fully saturated rings. The van der Waals surface area contributed by atoms with Gasteiger partial charge in [-0.25, -0.2) is 14.4 Å². The molecule has 182 valence electrons. The van der Waals surface area contributed by atoms with E-state index in [-0.39, 0.29) is 11.7 Å². The lowest BCUT2D eigenvalue weighted by molar-refractivity contribution is 0.0949. The van der Waals surface area contributed by atoms with Crippen molar-refractivity contribution in [2.75, 3.05) is 31.5 Å². The highest BCUT2D eigenvalue weighted by molar-refractivity contribution is 7.19. The van der Waals surface area contributed by atoms with Gasteiger partial charge in [0.2, 0.25) is 0 Å². The van der Waals surface area contributed by atoms with Gasteiger partial charge in [-0.15, -0.1) is 11.3 Å². The van der Waals surface area contributed by atoms with Gasteiger partial charge in [-0.05, 0) is 68.9 Å². The standard InChI is InChI=1S/C27H30FN5OS/c1-5-33(6-2)16-15-29-26(34)20-9-13-22(14-10-20)32-25-24-23(19-7-11-21(28)12-8-19)17(3)35-27(24)31-18(4)30-25/h7-14H,5-6,15-16H2,1-4H3,(H,29,34)(H,30,31,32). The van der Waals surface area contributed by atoms with Gasteiger partial charge >= 0.3 is 0 Å². The van der Waals surface area contributed by atoms with Gasteiger partial charge in [0.15, 0.2) is 0 Å². The van der Waals surface area contributed by atoms with Crippen molar-refractivity contribution < 1.29 is 9.18 Å². The summed E-state index contributed by atoms with van der Waals surface area (Å²) in [6, 6.07) is 13.8. The van der Waals surface area contributed by atoms with Crippen LogP contribution >= 0.6 is 11.3 Å². The zero-order chi connectivity index (χ0) is 24.9. The summed E-state index contributed by atoms with van der Waals surface area (Å²) in [6.07, 6.45) is 0. The minimum absolute atomic E-state index is 0.0870. The van der Waals surface area contributed by atoms with Gasteiger partial charge in [-0.3, -0.25) is 4.79 Å². The molecule has 0 aliphatic carbocycles. The Kier molecular flexibility index (Phi) is 7.73. The highest BCUT2D eigenvalue weighted by Gasteiger charge is 2.18. The van der Waals surface area contributed by atoms with Crippen molar-refractivity contribution in [1.82, 2.24) is 20.2 Å². The van der Waals surface area contributed by atoms with E-state index in [1.54, 1.807) is 35.6 Å². The fourth-order valence-electron chi connectivity index (χ4n) is 4.08. The van der Waals surface area contributed by atoms with Crippen LogP contribution in [-0.2, 0) is 0 Å². The van der Waals surface area contributed by atoms with Crippen LogP contribution in [0.25, 0.3) is 21.3 Å². The molecule has 8 heteroatoms. The average molecular weight is 492 g/mol. The quantitative estimate of drug-likeness (QED) is 0.304. The highest BCUT2D eigenvalue weighted by atomic mass is 32.1. The van der Waals surface area contributed by atoms with Crippen LogP contribution < -0.4 is 10.6 Å². The maximum absolute atomic E-state index is 13.5. The average Bonchev–Trinajstić information content (AvgIpc) is 3.18. The molecule has 6 nitrogen and oxygen atoms in total. The van der Waals surface area contributed by atoms with Crippen molar-refractivity contribution in [2.24, 2.45) is 0 Å². The van der Waals surface area contributed by atoms with Crippen molar-refractivity contribution in [3.63, 3.8) is 0 Å². The molecular weight excluding hydrogens is 461 g/mol. The molecule has 0 bridgehead atoms. The first-order valence-electron chi connectivity index (χ1n) is 11.8. The molecule has 0 unspecified atom stereocenters. The van der Waals surface area contributed by atoms with Gasteiger partial charge in [0.1, 0.15) is 22.3 Å². The van der Waals surface area contributed by atoms with E-state index in [1.165, 1.54) is 12.1 Å². The topological polar surface area (TPSA) is 70.2 Å². The van der Waals surface area contributed by atoms with Gasteiger partial charge in [-0.1, -0.05) is 26.0 Å². The molecule has 35 heavy (non-hydrogen) atoms. The smallest absolute Gasteiger partial charge is 0.251 e. The number of nitrogens with zero attached hydrogens (tertiary/aromatic N) is 3. The number of hydrogen-bond donors (Lipinski definition) is 2. The summed E-state index contributed by atoms with van der Waals surface area (Å²) < 4.78 is 13.5. The molecule has 4 rings (SSSR count). The second-order valence-corrected chi connectivity index (χ2v) is 9.53. The summed E-state index contributed by atoms with van der Waals surface area (Å²) >= 11 is 1.59. The predicted molar refractivity (Wildman–Crippen MR) is 142 cm³/mol. The number of anilines is 2. The Hall–Kier alpha value is -3.36. The Labute approximate surface area is 209 Å². The zero-order valence-electron chi connectivity index (χ0n) is 20.5. The lowest BCUT2D eigenvalue weighted by Crippen LogP contribution is -2.34. The van der Waals surface area contributed by atoms with Gasteiger partial charge in [0.25, 0.3) is 5.91 Å². The first kappa shape index (κ1) is 24.8. The van der Waals surface area contributed by atoms with Crippen LogP contribution in [0.15, 0.2) is 48.5 Å². The van der Waals surface area contributed by atoms with Crippen molar-refractivity contribution in [1.29, 1.82) is 0 Å². The van der Waals surface area contributed by atoms with Crippen LogP contribution in [0.4, 0.5) is 15.9 Å². The number of carbonyl (C=O) groups is 1. The Morgan fingerprint density at radius 3 is 2.34 bits per heavy atom. The van der Waals surface area contributed by atoms with E-state index >= 15 is 0 Å². The zero-order valence-corrected chi connectivity index (χ0v) is 21.3. The number of rotatable bonds is 9. The van der Waals surface area contributed by atoms with Crippen molar-refractivity contribution in [3.8, 4) is 11.1 Å². The van der Waals surface area contributed by atoms with Gasteiger partial charge in [-0.2, -0.15) is 0 Å². The number of benzene rings is 2. The van der Waals surface area contributed by atoms with Crippen LogP contribution in [-0.4, -0.2) is 47.0 Å². The Bertz CT molecular complexity index is 1310. The Morgan fingerprint density at radius 2 is 1.69 bits per heavy atom. The molecule has 0 atom stereocenters. The molecule has 2 aromatic heterocycles. The normalized spacial score (nSPS) is 11.3. The summed E-state index contributed by atoms with van der Waals surface area (Å²) in [5.41, 5.74) is 3.34. The van der Waals surface area contributed by atoms with Crippen LogP contribution in [0.5, 0.6) is 0 Å². The second kappa shape index (κ2) is 10.9. The molecule has 0 saturated carbocycles. The van der Waals surface area contributed by atoms with Crippen LogP contribution in [0.1, 0.15) is 34.9 Å². The summed E-state index contributed by atoms with van der Waals surface area (Å²) in [7, 11) is 0. The lowest BCUT2D eigenvalue weighted by atomic mass is 10.0. The molecule has 0 aliphatic heterocycles. The third-order valence-corrected chi connectivity index (χ3v) is 6.99. The molecule has 1 amide bonds. The molecule has 2 heterocycles. The number of nitrogens with one attached hydrogen (secondary N) is 2. The third kappa shape index (κ3) is 5.66. The SMILES string of the molecule is CCN(CC)CCNC(=O)c1ccc(Nc2nc(C)nc3sc(C)c(-c4ccc(F)cc4)c23)cc1. The van der Waals surface area contributed by atoms with Crippen molar-refractivity contribution >= 4 is 39.0 Å². The molecule has 0 spiro atoms. The second-order valence-electron chi connectivity index (χ2n) is 8.32. The van der Waals surface area contributed by atoms with E-state index in [1.807, 2.05) is 26.0 Å². The largest absolute Gasteiger partial charge is 0.351 e. The summed E-state index contributed by atoms with van der Waals surface area (Å²) in [5, 5.41) is 7.29. The van der Waals surface area contributed by atoms with Gasteiger partial charge in [0, 0.05) is 34.8 Å². The Morgan fingerprint density at radius 1 is 1.00 bits per heavy atom. The molecule has 4 aromatic rings. The number of carbonyl (C=O) groups excluding carboxylic acids is 1. The van der Waals surface area contributed by atoms with E-state index in [4.69, 9.17) is 0 Å². The van der Waals surface area contributed by atoms with Crippen LogP contribution in [0.2, 0.25) is 0 Å². The fourth-order valence-corrected chi connectivity index (χ4v) is 5.17. The molecule has 2 aromatic carbocycles. The number of hydrogen-bond acceptors (Lipinski definition) is 6. The number of amides is 1. The van der Waals surface area contributed by atoms with E-state index in [0.717, 1.165) is 51.5 Å². The minimum Gasteiger partial charge on any atom is -0.351 e. The summed E-state index contributed by atoms with van der Waals surface area (Å²) in [4.78, 5) is 26.1. The molecule has 2 N–H and O–H groups in total. The number of halogens is 1. The van der Waals surface area contributed by atoms with E-state index in [0.29, 0.717) is 23.8 Å². The highest BCUT2D eigenvalue weighted by Crippen LogP contribution is 2.41. The first-order valence-corrected chi connectivity index (χ1v) is 12.6. The molecule has 0 aliphatic rings. The van der Waals surface area contributed by atoms with E-state index in [9.17, 15) is 9.18 Å². The molecule has 0 saturated heterocycles. The Balaban J connectivity index is 1.57. The van der Waals surface area contributed by atoms with Gasteiger partial charge < -0.3 is 15.5 Å². The van der Waals surface area contributed by atoms with E-state index < -0.39 is 0 Å². The number of fused-ring (bicyclic) bond motifs is 1. The molecular formula is C27H30FN5OS. The summed E-state index contributed by atoms with van der Waals surface area (Å²) in [6.45, 7) is 11.5. The third-order valence-electron chi connectivity index (χ3n) is 5.99. The fraction of sp³-hybridized carbons (Fsp3) is 0.296. The minimum atomic E-state index is -0.270. The number of aryl methyl sites for hydroxylation is 2. The maximum atomic E-state index is 13.5. The summed E-state index contributed by atoms with van der Waals surface area (Å²) in [5.74, 6) is 0.994. The number of likely N-dealkylation sites (N-methyl/N-ethyl adjacent to an activating group) is 1. The first-order chi connectivity index (χ1) is 16.9. The van der Waals surface area contributed by atoms with E-state index in [2.05, 4.69) is 39.3 Å². The molecule has 0 radical (unpaired) electrons. The number of aromatic nitrogens is 2. The van der Waals surface area contributed by atoms with Gasteiger partial charge in [0.05, 0.1) is 5.39 Å².